The summed E-state index contributed by atoms with van der Waals surface area (Å²) in [7, 11) is 2.01. The molecule has 29 heavy (non-hydrogen) atoms. The Labute approximate surface area is 168 Å². The van der Waals surface area contributed by atoms with Gasteiger partial charge in [0, 0.05) is 37.1 Å². The van der Waals surface area contributed by atoms with Gasteiger partial charge in [0.1, 0.15) is 5.75 Å². The molecule has 148 valence electrons. The Bertz CT molecular complexity index is 958. The van der Waals surface area contributed by atoms with Crippen LogP contribution in [0.2, 0.25) is 0 Å². The molecule has 0 bridgehead atoms. The van der Waals surface area contributed by atoms with E-state index in [-0.39, 0.29) is 18.2 Å². The summed E-state index contributed by atoms with van der Waals surface area (Å²) in [6, 6.07) is 23.3. The highest BCUT2D eigenvalue weighted by Gasteiger charge is 2.08. The molecule has 3 aromatic rings. The standard InChI is InChI=1S/C22H21N3O4/c1-24(15-17-5-3-2-4-6-17)19-9-7-18(8-10-19)23-22(26)16-29-21-13-11-20(12-14-21)25(27)28/h2-14H,15-16H2,1H3,(H,23,26). The van der Waals surface area contributed by atoms with Gasteiger partial charge in [-0.15, -0.1) is 0 Å². The van der Waals surface area contributed by atoms with Crippen molar-refractivity contribution in [1.29, 1.82) is 0 Å². The number of rotatable bonds is 8. The lowest BCUT2D eigenvalue weighted by molar-refractivity contribution is -0.384. The zero-order valence-corrected chi connectivity index (χ0v) is 15.9. The maximum Gasteiger partial charge on any atom is 0.269 e. The molecule has 0 saturated carbocycles. The lowest BCUT2D eigenvalue weighted by Crippen LogP contribution is -2.20. The maximum absolute atomic E-state index is 12.1. The van der Waals surface area contributed by atoms with Crippen LogP contribution in [0.5, 0.6) is 5.75 Å². The van der Waals surface area contributed by atoms with Crippen molar-refractivity contribution < 1.29 is 14.5 Å². The normalized spacial score (nSPS) is 10.2. The van der Waals surface area contributed by atoms with E-state index in [9.17, 15) is 14.9 Å². The van der Waals surface area contributed by atoms with Gasteiger partial charge >= 0.3 is 0 Å². The predicted octanol–water partition coefficient (Wildman–Crippen LogP) is 4.25. The van der Waals surface area contributed by atoms with Crippen molar-refractivity contribution in [2.75, 3.05) is 23.9 Å². The number of nitrogens with one attached hydrogen (secondary N) is 1. The van der Waals surface area contributed by atoms with Crippen molar-refractivity contribution in [2.24, 2.45) is 0 Å². The van der Waals surface area contributed by atoms with Gasteiger partial charge in [-0.2, -0.15) is 0 Å². The highest BCUT2D eigenvalue weighted by atomic mass is 16.6. The Hall–Kier alpha value is -3.87. The summed E-state index contributed by atoms with van der Waals surface area (Å²) in [6.45, 7) is 0.600. The van der Waals surface area contributed by atoms with Crippen LogP contribution in [0.3, 0.4) is 0 Å². The van der Waals surface area contributed by atoms with E-state index in [1.165, 1.54) is 29.8 Å². The molecule has 7 heteroatoms. The summed E-state index contributed by atoms with van der Waals surface area (Å²) in [4.78, 5) is 24.3. The van der Waals surface area contributed by atoms with Crippen LogP contribution in [0.4, 0.5) is 17.1 Å². The van der Waals surface area contributed by atoms with Crippen molar-refractivity contribution >= 4 is 23.0 Å². The van der Waals surface area contributed by atoms with Gasteiger partial charge in [0.25, 0.3) is 11.6 Å². The maximum atomic E-state index is 12.1. The van der Waals surface area contributed by atoms with E-state index >= 15 is 0 Å². The molecule has 0 aromatic heterocycles. The van der Waals surface area contributed by atoms with Gasteiger partial charge in [-0.1, -0.05) is 30.3 Å². The summed E-state index contributed by atoms with van der Waals surface area (Å²) in [5.74, 6) is 0.0809. The third-order valence-corrected chi connectivity index (χ3v) is 4.27. The van der Waals surface area contributed by atoms with Crippen molar-refractivity contribution in [3.05, 3.63) is 94.5 Å². The van der Waals surface area contributed by atoms with Gasteiger partial charge in [-0.25, -0.2) is 0 Å². The molecule has 0 aliphatic heterocycles. The van der Waals surface area contributed by atoms with Crippen molar-refractivity contribution in [1.82, 2.24) is 0 Å². The molecule has 3 rings (SSSR count). The molecule has 0 aliphatic carbocycles. The minimum absolute atomic E-state index is 0.0286. The van der Waals surface area contributed by atoms with Crippen molar-refractivity contribution in [3.63, 3.8) is 0 Å². The number of hydrogen-bond donors (Lipinski definition) is 1. The van der Waals surface area contributed by atoms with Gasteiger partial charge in [0.05, 0.1) is 4.92 Å². The first kappa shape index (κ1) is 19.9. The van der Waals surface area contributed by atoms with Crippen LogP contribution in [0.1, 0.15) is 5.56 Å². The Morgan fingerprint density at radius 1 is 1.00 bits per heavy atom. The zero-order chi connectivity index (χ0) is 20.6. The Morgan fingerprint density at radius 2 is 1.66 bits per heavy atom. The monoisotopic (exact) mass is 391 g/mol. The Kier molecular flexibility index (Phi) is 6.42. The number of amides is 1. The quantitative estimate of drug-likeness (QED) is 0.458. The molecule has 0 spiro atoms. The molecule has 1 N–H and O–H groups in total. The first-order valence-corrected chi connectivity index (χ1v) is 9.03. The van der Waals surface area contributed by atoms with Crippen LogP contribution in [0.25, 0.3) is 0 Å². The molecular formula is C22H21N3O4. The summed E-state index contributed by atoms with van der Waals surface area (Å²) in [5, 5.41) is 13.4. The second-order valence-electron chi connectivity index (χ2n) is 6.48. The van der Waals surface area contributed by atoms with Crippen molar-refractivity contribution in [3.8, 4) is 5.75 Å². The molecule has 0 atom stereocenters. The van der Waals surface area contributed by atoms with E-state index < -0.39 is 4.92 Å². The largest absolute Gasteiger partial charge is 0.484 e. The van der Waals surface area contributed by atoms with Gasteiger partial charge in [-0.3, -0.25) is 14.9 Å². The number of nitro benzene ring substituents is 1. The highest BCUT2D eigenvalue weighted by molar-refractivity contribution is 5.92. The van der Waals surface area contributed by atoms with E-state index in [2.05, 4.69) is 22.3 Å². The van der Waals surface area contributed by atoms with E-state index in [1.807, 2.05) is 49.5 Å². The first-order chi connectivity index (χ1) is 14.0. The topological polar surface area (TPSA) is 84.7 Å². The third kappa shape index (κ3) is 5.80. The number of carbonyl (C=O) groups excluding carboxylic acids is 1. The second kappa shape index (κ2) is 9.36. The summed E-state index contributed by atoms with van der Waals surface area (Å²) < 4.78 is 5.36. The minimum atomic E-state index is -0.489. The predicted molar refractivity (Wildman–Crippen MR) is 112 cm³/mol. The molecule has 0 aliphatic rings. The zero-order valence-electron chi connectivity index (χ0n) is 15.9. The van der Waals surface area contributed by atoms with Gasteiger partial charge in [-0.05, 0) is 42.0 Å². The number of carbonyl (C=O) groups is 1. The molecule has 7 nitrogen and oxygen atoms in total. The van der Waals surface area contributed by atoms with E-state index in [1.54, 1.807) is 0 Å². The number of nitro groups is 1. The fourth-order valence-electron chi connectivity index (χ4n) is 2.76. The SMILES string of the molecule is CN(Cc1ccccc1)c1ccc(NC(=O)COc2ccc([N+](=O)[O-])cc2)cc1. The highest BCUT2D eigenvalue weighted by Crippen LogP contribution is 2.19. The van der Waals surface area contributed by atoms with Gasteiger partial charge < -0.3 is 15.0 Å². The fraction of sp³-hybridized carbons (Fsp3) is 0.136. The molecule has 0 saturated heterocycles. The lowest BCUT2D eigenvalue weighted by Gasteiger charge is -2.19. The first-order valence-electron chi connectivity index (χ1n) is 9.03. The molecule has 0 unspecified atom stereocenters. The number of non-ortho nitro benzene ring substituents is 1. The van der Waals surface area contributed by atoms with Crippen molar-refractivity contribution in [2.45, 2.75) is 6.54 Å². The number of nitrogens with zero attached hydrogens (tertiary/aromatic N) is 2. The summed E-state index contributed by atoms with van der Waals surface area (Å²) >= 11 is 0. The lowest BCUT2D eigenvalue weighted by atomic mass is 10.2. The Balaban J connectivity index is 1.49. The summed E-state index contributed by atoms with van der Waals surface area (Å²) in [5.41, 5.74) is 2.89. The second-order valence-corrected chi connectivity index (χ2v) is 6.48. The molecule has 1 amide bonds. The van der Waals surface area contributed by atoms with Crippen LogP contribution in [0.15, 0.2) is 78.9 Å². The molecule has 3 aromatic carbocycles. The summed E-state index contributed by atoms with van der Waals surface area (Å²) in [6.07, 6.45) is 0. The van der Waals surface area contributed by atoms with E-state index in [0.29, 0.717) is 11.4 Å². The van der Waals surface area contributed by atoms with Crippen LogP contribution in [0, 0.1) is 10.1 Å². The van der Waals surface area contributed by atoms with Crippen LogP contribution in [-0.4, -0.2) is 24.5 Å². The smallest absolute Gasteiger partial charge is 0.269 e. The van der Waals surface area contributed by atoms with Crippen LogP contribution < -0.4 is 15.0 Å². The van der Waals surface area contributed by atoms with Gasteiger partial charge in [0.15, 0.2) is 6.61 Å². The minimum Gasteiger partial charge on any atom is -0.484 e. The molecular weight excluding hydrogens is 370 g/mol. The number of hydrogen-bond acceptors (Lipinski definition) is 5. The number of ether oxygens (including phenoxy) is 1. The number of anilines is 2. The molecule has 0 fully saturated rings. The van der Waals surface area contributed by atoms with E-state index in [0.717, 1.165) is 12.2 Å². The number of benzene rings is 3. The average molecular weight is 391 g/mol. The van der Waals surface area contributed by atoms with E-state index in [4.69, 9.17) is 4.74 Å². The van der Waals surface area contributed by atoms with Gasteiger partial charge in [0.2, 0.25) is 0 Å². The average Bonchev–Trinajstić information content (AvgIpc) is 2.74. The molecule has 0 heterocycles. The van der Waals surface area contributed by atoms with Crippen LogP contribution in [-0.2, 0) is 11.3 Å². The fourth-order valence-corrected chi connectivity index (χ4v) is 2.76. The molecule has 0 radical (unpaired) electrons. The Morgan fingerprint density at radius 3 is 2.28 bits per heavy atom. The van der Waals surface area contributed by atoms with Crippen LogP contribution >= 0.6 is 0 Å². The third-order valence-electron chi connectivity index (χ3n) is 4.27.